The number of nitrogen functional groups attached to an aromatic ring is 1. The number of rotatable bonds is 3. The lowest BCUT2D eigenvalue weighted by atomic mass is 10.3. The van der Waals surface area contributed by atoms with Crippen LogP contribution in [0.15, 0.2) is 24.5 Å². The van der Waals surface area contributed by atoms with E-state index in [0.717, 1.165) is 17.8 Å². The fourth-order valence-electron chi connectivity index (χ4n) is 1.55. The first-order valence-electron chi connectivity index (χ1n) is 5.20. The van der Waals surface area contributed by atoms with Crippen molar-refractivity contribution in [2.24, 2.45) is 7.05 Å². The number of anilines is 3. The summed E-state index contributed by atoms with van der Waals surface area (Å²) in [6.07, 6.45) is 4.50. The Balaban J connectivity index is 2.30. The highest BCUT2D eigenvalue weighted by Crippen LogP contribution is 2.22. The highest BCUT2D eigenvalue weighted by Gasteiger charge is 2.07. The molecular weight excluding hydrogens is 202 g/mol. The Kier molecular flexibility index (Phi) is 2.76. The van der Waals surface area contributed by atoms with E-state index in [1.165, 1.54) is 0 Å². The van der Waals surface area contributed by atoms with Crippen molar-refractivity contribution in [1.82, 2.24) is 14.8 Å². The first-order chi connectivity index (χ1) is 7.70. The Morgan fingerprint density at radius 2 is 2.31 bits per heavy atom. The molecule has 0 aliphatic rings. The molecule has 5 nitrogen and oxygen atoms in total. The molecule has 0 radical (unpaired) electrons. The van der Waals surface area contributed by atoms with Gasteiger partial charge in [-0.2, -0.15) is 5.10 Å². The van der Waals surface area contributed by atoms with Gasteiger partial charge in [-0.15, -0.1) is 0 Å². The smallest absolute Gasteiger partial charge is 0.153 e. The van der Waals surface area contributed by atoms with Crippen LogP contribution < -0.4 is 11.1 Å². The molecule has 0 spiro atoms. The number of aromatic nitrogens is 3. The second-order valence-corrected chi connectivity index (χ2v) is 3.58. The van der Waals surface area contributed by atoms with Crippen LogP contribution in [0.25, 0.3) is 0 Å². The number of hydrogen-bond acceptors (Lipinski definition) is 4. The van der Waals surface area contributed by atoms with Gasteiger partial charge in [-0.25, -0.2) is 4.98 Å². The van der Waals surface area contributed by atoms with Crippen LogP contribution in [0.4, 0.5) is 17.2 Å². The first-order valence-corrected chi connectivity index (χ1v) is 5.20. The summed E-state index contributed by atoms with van der Waals surface area (Å²) >= 11 is 0. The Hall–Kier alpha value is -2.04. The summed E-state index contributed by atoms with van der Waals surface area (Å²) in [6, 6.07) is 3.63. The molecular formula is C11H15N5. The van der Waals surface area contributed by atoms with Crippen LogP contribution in [0.3, 0.4) is 0 Å². The lowest BCUT2D eigenvalue weighted by Crippen LogP contribution is -1.99. The Labute approximate surface area is 94.3 Å². The van der Waals surface area contributed by atoms with Crippen molar-refractivity contribution >= 4 is 17.2 Å². The second kappa shape index (κ2) is 4.22. The quantitative estimate of drug-likeness (QED) is 0.821. The number of nitrogens with two attached hydrogens (primary N) is 1. The molecule has 0 fully saturated rings. The van der Waals surface area contributed by atoms with Crippen molar-refractivity contribution in [3.63, 3.8) is 0 Å². The SMILES string of the molecule is CCc1nn(C)cc1Nc1ncccc1N. The molecule has 2 aromatic heterocycles. The standard InChI is InChI=1S/C11H15N5/c1-3-9-10(7-16(2)15-9)14-11-8(12)5-4-6-13-11/h4-7H,3,12H2,1-2H3,(H,13,14). The van der Waals surface area contributed by atoms with Crippen LogP contribution in [-0.2, 0) is 13.5 Å². The molecule has 0 aliphatic heterocycles. The van der Waals surface area contributed by atoms with Crippen molar-refractivity contribution < 1.29 is 0 Å². The van der Waals surface area contributed by atoms with E-state index in [1.807, 2.05) is 25.4 Å². The number of aryl methyl sites for hydroxylation is 2. The summed E-state index contributed by atoms with van der Waals surface area (Å²) in [5.41, 5.74) is 8.41. The third-order valence-corrected chi connectivity index (χ3v) is 2.33. The molecule has 0 amide bonds. The van der Waals surface area contributed by atoms with Crippen LogP contribution in [0.5, 0.6) is 0 Å². The first kappa shape index (κ1) is 10.5. The van der Waals surface area contributed by atoms with E-state index in [2.05, 4.69) is 22.3 Å². The van der Waals surface area contributed by atoms with E-state index in [-0.39, 0.29) is 0 Å². The Morgan fingerprint density at radius 1 is 1.50 bits per heavy atom. The third kappa shape index (κ3) is 1.98. The molecule has 0 saturated carbocycles. The van der Waals surface area contributed by atoms with Gasteiger partial charge >= 0.3 is 0 Å². The zero-order valence-electron chi connectivity index (χ0n) is 9.44. The topological polar surface area (TPSA) is 68.8 Å². The van der Waals surface area contributed by atoms with Gasteiger partial charge in [-0.05, 0) is 18.6 Å². The summed E-state index contributed by atoms with van der Waals surface area (Å²) in [6.45, 7) is 2.06. The van der Waals surface area contributed by atoms with Crippen LogP contribution >= 0.6 is 0 Å². The van der Waals surface area contributed by atoms with Gasteiger partial charge in [0.05, 0.1) is 17.1 Å². The van der Waals surface area contributed by atoms with Gasteiger partial charge in [-0.1, -0.05) is 6.92 Å². The molecule has 84 valence electrons. The number of pyridine rings is 1. The monoisotopic (exact) mass is 217 g/mol. The fourth-order valence-corrected chi connectivity index (χ4v) is 1.55. The van der Waals surface area contributed by atoms with Gasteiger partial charge in [0.1, 0.15) is 0 Å². The van der Waals surface area contributed by atoms with Crippen LogP contribution in [0.1, 0.15) is 12.6 Å². The van der Waals surface area contributed by atoms with Gasteiger partial charge in [0.15, 0.2) is 5.82 Å². The molecule has 0 saturated heterocycles. The van der Waals surface area contributed by atoms with E-state index >= 15 is 0 Å². The molecule has 0 unspecified atom stereocenters. The lowest BCUT2D eigenvalue weighted by Gasteiger charge is -2.06. The average Bonchev–Trinajstić information content (AvgIpc) is 2.62. The molecule has 0 atom stereocenters. The zero-order chi connectivity index (χ0) is 11.5. The van der Waals surface area contributed by atoms with E-state index in [1.54, 1.807) is 10.9 Å². The van der Waals surface area contributed by atoms with Gasteiger partial charge in [0.2, 0.25) is 0 Å². The maximum Gasteiger partial charge on any atom is 0.153 e. The average molecular weight is 217 g/mol. The van der Waals surface area contributed by atoms with Crippen LogP contribution in [0.2, 0.25) is 0 Å². The summed E-state index contributed by atoms with van der Waals surface area (Å²) in [5.74, 6) is 0.671. The number of nitrogens with one attached hydrogen (secondary N) is 1. The molecule has 0 aromatic carbocycles. The Bertz CT molecular complexity index is 489. The van der Waals surface area contributed by atoms with Crippen molar-refractivity contribution in [1.29, 1.82) is 0 Å². The predicted octanol–water partition coefficient (Wildman–Crippen LogP) is 1.70. The minimum absolute atomic E-state index is 0.633. The number of hydrogen-bond donors (Lipinski definition) is 2. The molecule has 2 rings (SSSR count). The van der Waals surface area contributed by atoms with Crippen LogP contribution in [-0.4, -0.2) is 14.8 Å². The minimum atomic E-state index is 0.633. The maximum absolute atomic E-state index is 5.81. The van der Waals surface area contributed by atoms with E-state index in [4.69, 9.17) is 5.73 Å². The van der Waals surface area contributed by atoms with Crippen molar-refractivity contribution in [2.75, 3.05) is 11.1 Å². The van der Waals surface area contributed by atoms with Gasteiger partial charge in [0, 0.05) is 19.4 Å². The van der Waals surface area contributed by atoms with Crippen LogP contribution in [0, 0.1) is 0 Å². The number of nitrogens with zero attached hydrogens (tertiary/aromatic N) is 3. The van der Waals surface area contributed by atoms with Gasteiger partial charge in [0.25, 0.3) is 0 Å². The van der Waals surface area contributed by atoms with E-state index in [9.17, 15) is 0 Å². The third-order valence-electron chi connectivity index (χ3n) is 2.33. The molecule has 3 N–H and O–H groups in total. The molecule has 0 aliphatic carbocycles. The Morgan fingerprint density at radius 3 is 3.00 bits per heavy atom. The minimum Gasteiger partial charge on any atom is -0.396 e. The fraction of sp³-hybridized carbons (Fsp3) is 0.273. The maximum atomic E-state index is 5.81. The van der Waals surface area contributed by atoms with Crippen molar-refractivity contribution in [3.8, 4) is 0 Å². The summed E-state index contributed by atoms with van der Waals surface area (Å²) in [7, 11) is 1.89. The van der Waals surface area contributed by atoms with E-state index < -0.39 is 0 Å². The molecule has 16 heavy (non-hydrogen) atoms. The van der Waals surface area contributed by atoms with Crippen molar-refractivity contribution in [2.45, 2.75) is 13.3 Å². The largest absolute Gasteiger partial charge is 0.396 e. The normalized spacial score (nSPS) is 10.4. The highest BCUT2D eigenvalue weighted by atomic mass is 15.3. The van der Waals surface area contributed by atoms with Gasteiger partial charge in [-0.3, -0.25) is 4.68 Å². The zero-order valence-corrected chi connectivity index (χ0v) is 9.44. The molecule has 2 heterocycles. The lowest BCUT2D eigenvalue weighted by molar-refractivity contribution is 0.746. The summed E-state index contributed by atoms with van der Waals surface area (Å²) in [5, 5.41) is 7.53. The molecule has 2 aromatic rings. The second-order valence-electron chi connectivity index (χ2n) is 3.58. The summed E-state index contributed by atoms with van der Waals surface area (Å²) in [4.78, 5) is 4.19. The highest BCUT2D eigenvalue weighted by molar-refractivity contribution is 5.68. The molecule has 0 bridgehead atoms. The summed E-state index contributed by atoms with van der Waals surface area (Å²) < 4.78 is 1.78. The predicted molar refractivity (Wildman–Crippen MR) is 64.5 cm³/mol. The molecule has 5 heteroatoms. The van der Waals surface area contributed by atoms with Gasteiger partial charge < -0.3 is 11.1 Å². The van der Waals surface area contributed by atoms with Crippen molar-refractivity contribution in [3.05, 3.63) is 30.2 Å². The van der Waals surface area contributed by atoms with E-state index in [0.29, 0.717) is 11.5 Å².